The van der Waals surface area contributed by atoms with Crippen LogP contribution >= 0.6 is 0 Å². The zero-order valence-electron chi connectivity index (χ0n) is 6.11. The molecule has 0 bridgehead atoms. The Kier molecular flexibility index (Phi) is 1.10. The Balaban J connectivity index is 1.99. The molecular formula is C8H15N. The average molecular weight is 125 g/mol. The van der Waals surface area contributed by atoms with Crippen LogP contribution < -0.4 is 5.32 Å². The average Bonchev–Trinajstić information content (AvgIpc) is 2.09. The van der Waals surface area contributed by atoms with Gasteiger partial charge in [-0.25, -0.2) is 0 Å². The molecule has 52 valence electrons. The van der Waals surface area contributed by atoms with E-state index >= 15 is 0 Å². The zero-order chi connectivity index (χ0) is 6.32. The SMILES string of the molecule is C[C@H]1CCC2(CCC2)N1. The van der Waals surface area contributed by atoms with Gasteiger partial charge in [-0.05, 0) is 39.0 Å². The highest BCUT2D eigenvalue weighted by molar-refractivity contribution is 5.01. The molecule has 2 rings (SSSR count). The van der Waals surface area contributed by atoms with E-state index in [1.165, 1.54) is 32.1 Å². The van der Waals surface area contributed by atoms with Gasteiger partial charge in [0.2, 0.25) is 0 Å². The molecular weight excluding hydrogens is 110 g/mol. The summed E-state index contributed by atoms with van der Waals surface area (Å²) in [4.78, 5) is 0. The summed E-state index contributed by atoms with van der Waals surface area (Å²) >= 11 is 0. The van der Waals surface area contributed by atoms with E-state index in [1.54, 1.807) is 0 Å². The van der Waals surface area contributed by atoms with Gasteiger partial charge in [0.25, 0.3) is 0 Å². The second-order valence-corrected chi connectivity index (χ2v) is 3.72. The van der Waals surface area contributed by atoms with E-state index in [0.29, 0.717) is 5.54 Å². The van der Waals surface area contributed by atoms with Crippen LogP contribution in [0, 0.1) is 0 Å². The predicted octanol–water partition coefficient (Wildman–Crippen LogP) is 1.68. The fourth-order valence-corrected chi connectivity index (χ4v) is 2.16. The van der Waals surface area contributed by atoms with Crippen LogP contribution in [0.15, 0.2) is 0 Å². The van der Waals surface area contributed by atoms with Gasteiger partial charge in [0.1, 0.15) is 0 Å². The van der Waals surface area contributed by atoms with Crippen LogP contribution in [0.5, 0.6) is 0 Å². The normalized spacial score (nSPS) is 39.0. The highest BCUT2D eigenvalue weighted by Crippen LogP contribution is 2.40. The van der Waals surface area contributed by atoms with Gasteiger partial charge in [0.15, 0.2) is 0 Å². The van der Waals surface area contributed by atoms with Crippen LogP contribution in [0.1, 0.15) is 39.0 Å². The maximum Gasteiger partial charge on any atom is 0.0184 e. The van der Waals surface area contributed by atoms with Crippen molar-refractivity contribution in [2.45, 2.75) is 50.6 Å². The molecule has 1 N–H and O–H groups in total. The topological polar surface area (TPSA) is 12.0 Å². The van der Waals surface area contributed by atoms with Gasteiger partial charge in [-0.3, -0.25) is 0 Å². The van der Waals surface area contributed by atoms with E-state index in [-0.39, 0.29) is 0 Å². The van der Waals surface area contributed by atoms with Crippen LogP contribution in [-0.4, -0.2) is 11.6 Å². The lowest BCUT2D eigenvalue weighted by Crippen LogP contribution is -2.47. The Morgan fingerprint density at radius 2 is 2.11 bits per heavy atom. The molecule has 1 heterocycles. The summed E-state index contributed by atoms with van der Waals surface area (Å²) in [5, 5.41) is 3.67. The Morgan fingerprint density at radius 1 is 1.33 bits per heavy atom. The maximum atomic E-state index is 3.67. The van der Waals surface area contributed by atoms with Crippen molar-refractivity contribution in [3.05, 3.63) is 0 Å². The molecule has 0 aromatic heterocycles. The molecule has 1 heteroatoms. The highest BCUT2D eigenvalue weighted by Gasteiger charge is 2.41. The molecule has 1 atom stereocenters. The van der Waals surface area contributed by atoms with Crippen LogP contribution in [0.3, 0.4) is 0 Å². The summed E-state index contributed by atoms with van der Waals surface area (Å²) in [6.45, 7) is 2.30. The van der Waals surface area contributed by atoms with Gasteiger partial charge in [-0.1, -0.05) is 0 Å². The molecule has 1 saturated carbocycles. The van der Waals surface area contributed by atoms with E-state index in [4.69, 9.17) is 0 Å². The van der Waals surface area contributed by atoms with Crippen molar-refractivity contribution in [1.29, 1.82) is 0 Å². The molecule has 1 nitrogen and oxygen atoms in total. The van der Waals surface area contributed by atoms with Gasteiger partial charge >= 0.3 is 0 Å². The summed E-state index contributed by atoms with van der Waals surface area (Å²) in [5.74, 6) is 0. The first-order chi connectivity index (χ1) is 4.31. The second-order valence-electron chi connectivity index (χ2n) is 3.72. The van der Waals surface area contributed by atoms with Crippen molar-refractivity contribution in [2.24, 2.45) is 0 Å². The molecule has 1 spiro atoms. The molecule has 0 amide bonds. The monoisotopic (exact) mass is 125 g/mol. The molecule has 1 aliphatic carbocycles. The molecule has 1 aliphatic heterocycles. The lowest BCUT2D eigenvalue weighted by molar-refractivity contribution is 0.209. The Morgan fingerprint density at radius 3 is 2.33 bits per heavy atom. The lowest BCUT2D eigenvalue weighted by atomic mass is 9.76. The molecule has 2 fully saturated rings. The first-order valence-electron chi connectivity index (χ1n) is 4.08. The van der Waals surface area contributed by atoms with Crippen LogP contribution in [0.4, 0.5) is 0 Å². The van der Waals surface area contributed by atoms with E-state index in [9.17, 15) is 0 Å². The number of nitrogens with one attached hydrogen (secondary N) is 1. The molecule has 1 saturated heterocycles. The molecule has 9 heavy (non-hydrogen) atoms. The molecule has 2 aliphatic rings. The van der Waals surface area contributed by atoms with Gasteiger partial charge in [0.05, 0.1) is 0 Å². The Hall–Kier alpha value is -0.0400. The van der Waals surface area contributed by atoms with E-state index in [1.807, 2.05) is 0 Å². The lowest BCUT2D eigenvalue weighted by Gasteiger charge is -2.39. The summed E-state index contributed by atoms with van der Waals surface area (Å²) in [7, 11) is 0. The summed E-state index contributed by atoms with van der Waals surface area (Å²) < 4.78 is 0. The minimum Gasteiger partial charge on any atom is -0.309 e. The summed E-state index contributed by atoms with van der Waals surface area (Å²) in [5.41, 5.74) is 0.638. The van der Waals surface area contributed by atoms with Crippen molar-refractivity contribution in [1.82, 2.24) is 5.32 Å². The van der Waals surface area contributed by atoms with Crippen molar-refractivity contribution >= 4 is 0 Å². The first-order valence-corrected chi connectivity index (χ1v) is 4.08. The van der Waals surface area contributed by atoms with Crippen molar-refractivity contribution in [3.63, 3.8) is 0 Å². The van der Waals surface area contributed by atoms with Gasteiger partial charge < -0.3 is 5.32 Å². The number of rotatable bonds is 0. The standard InChI is InChI=1S/C8H15N/c1-7-3-6-8(9-7)4-2-5-8/h7,9H,2-6H2,1H3/t7-/m0/s1. The number of hydrogen-bond acceptors (Lipinski definition) is 1. The minimum absolute atomic E-state index is 0.638. The van der Waals surface area contributed by atoms with E-state index in [0.717, 1.165) is 6.04 Å². The summed E-state index contributed by atoms with van der Waals surface area (Å²) in [6.07, 6.45) is 7.18. The molecule has 0 radical (unpaired) electrons. The first kappa shape index (κ1) is 5.72. The molecule has 0 aromatic rings. The molecule has 0 aromatic carbocycles. The fraction of sp³-hybridized carbons (Fsp3) is 1.00. The quantitative estimate of drug-likeness (QED) is 0.519. The minimum atomic E-state index is 0.638. The smallest absolute Gasteiger partial charge is 0.0184 e. The second kappa shape index (κ2) is 1.72. The fourth-order valence-electron chi connectivity index (χ4n) is 2.16. The van der Waals surface area contributed by atoms with Crippen LogP contribution in [-0.2, 0) is 0 Å². The van der Waals surface area contributed by atoms with Gasteiger partial charge in [0, 0.05) is 11.6 Å². The van der Waals surface area contributed by atoms with Crippen molar-refractivity contribution in [3.8, 4) is 0 Å². The van der Waals surface area contributed by atoms with E-state index in [2.05, 4.69) is 12.2 Å². The Bertz CT molecular complexity index is 116. The third-order valence-electron chi connectivity index (χ3n) is 2.92. The largest absolute Gasteiger partial charge is 0.309 e. The predicted molar refractivity (Wildman–Crippen MR) is 38.4 cm³/mol. The zero-order valence-corrected chi connectivity index (χ0v) is 6.11. The van der Waals surface area contributed by atoms with Crippen molar-refractivity contribution < 1.29 is 0 Å². The van der Waals surface area contributed by atoms with E-state index < -0.39 is 0 Å². The maximum absolute atomic E-state index is 3.67. The summed E-state index contributed by atoms with van der Waals surface area (Å²) in [6, 6.07) is 0.797. The number of hydrogen-bond donors (Lipinski definition) is 1. The van der Waals surface area contributed by atoms with Crippen LogP contribution in [0.25, 0.3) is 0 Å². The van der Waals surface area contributed by atoms with Gasteiger partial charge in [-0.2, -0.15) is 0 Å². The van der Waals surface area contributed by atoms with Crippen molar-refractivity contribution in [2.75, 3.05) is 0 Å². The van der Waals surface area contributed by atoms with Crippen LogP contribution in [0.2, 0.25) is 0 Å². The van der Waals surface area contributed by atoms with Gasteiger partial charge in [-0.15, -0.1) is 0 Å². The third kappa shape index (κ3) is 0.787. The highest BCUT2D eigenvalue weighted by atomic mass is 15.0. The third-order valence-corrected chi connectivity index (χ3v) is 2.92. The molecule has 0 unspecified atom stereocenters. The Labute approximate surface area is 56.8 Å².